The Labute approximate surface area is 119 Å². The average Bonchev–Trinajstić information content (AvgIpc) is 2.83. The van der Waals surface area contributed by atoms with Crippen LogP contribution in [-0.2, 0) is 16.8 Å². The molecule has 20 heavy (non-hydrogen) atoms. The molecule has 0 radical (unpaired) electrons. The van der Waals surface area contributed by atoms with Gasteiger partial charge in [0.05, 0.1) is 12.2 Å². The maximum Gasteiger partial charge on any atom is 0.280 e. The van der Waals surface area contributed by atoms with Crippen molar-refractivity contribution in [3.63, 3.8) is 0 Å². The number of aromatic nitrogens is 1. The quantitative estimate of drug-likeness (QED) is 0.794. The van der Waals surface area contributed by atoms with E-state index in [9.17, 15) is 8.42 Å². The number of aryl methyl sites for hydroxylation is 1. The van der Waals surface area contributed by atoms with Crippen LogP contribution in [0.3, 0.4) is 0 Å². The fourth-order valence-electron chi connectivity index (χ4n) is 2.47. The highest BCUT2D eigenvalue weighted by Gasteiger charge is 2.31. The second kappa shape index (κ2) is 6.66. The second-order valence-corrected chi connectivity index (χ2v) is 6.79. The standard InChI is InChI=1S/C12H22N4O3S/c1-10-7-12(19-15-10)9-14-20(17,18)16-6-4-3-5-11(16)8-13-2/h7,11,13-14H,3-6,8-9H2,1-2H3. The molecule has 1 saturated heterocycles. The minimum atomic E-state index is -3.49. The summed E-state index contributed by atoms with van der Waals surface area (Å²) in [5.74, 6) is 0.522. The summed E-state index contributed by atoms with van der Waals surface area (Å²) in [4.78, 5) is 0. The van der Waals surface area contributed by atoms with Crippen LogP contribution in [0.25, 0.3) is 0 Å². The van der Waals surface area contributed by atoms with Gasteiger partial charge in [0.2, 0.25) is 0 Å². The Morgan fingerprint density at radius 3 is 2.95 bits per heavy atom. The molecule has 7 nitrogen and oxygen atoms in total. The first kappa shape index (κ1) is 15.4. The summed E-state index contributed by atoms with van der Waals surface area (Å²) >= 11 is 0. The molecule has 2 heterocycles. The van der Waals surface area contributed by atoms with Crippen LogP contribution in [-0.4, -0.2) is 44.1 Å². The lowest BCUT2D eigenvalue weighted by molar-refractivity contribution is 0.245. The van der Waals surface area contributed by atoms with Gasteiger partial charge in [-0.3, -0.25) is 0 Å². The third-order valence-corrected chi connectivity index (χ3v) is 5.03. The van der Waals surface area contributed by atoms with Gasteiger partial charge in [-0.25, -0.2) is 0 Å². The predicted octanol–water partition coefficient (Wildman–Crippen LogP) is 0.391. The highest BCUT2D eigenvalue weighted by molar-refractivity contribution is 7.87. The van der Waals surface area contributed by atoms with Crippen LogP contribution >= 0.6 is 0 Å². The van der Waals surface area contributed by atoms with Crippen molar-refractivity contribution >= 4 is 10.2 Å². The lowest BCUT2D eigenvalue weighted by atomic mass is 10.1. The van der Waals surface area contributed by atoms with E-state index in [0.717, 1.165) is 25.0 Å². The topological polar surface area (TPSA) is 87.5 Å². The van der Waals surface area contributed by atoms with Crippen molar-refractivity contribution in [3.05, 3.63) is 17.5 Å². The summed E-state index contributed by atoms with van der Waals surface area (Å²) in [5.41, 5.74) is 0.741. The molecule has 8 heteroatoms. The lowest BCUT2D eigenvalue weighted by Gasteiger charge is -2.34. The van der Waals surface area contributed by atoms with E-state index in [0.29, 0.717) is 18.8 Å². The summed E-state index contributed by atoms with van der Waals surface area (Å²) in [6.07, 6.45) is 2.87. The molecule has 0 bridgehead atoms. The van der Waals surface area contributed by atoms with Gasteiger partial charge in [0, 0.05) is 25.2 Å². The van der Waals surface area contributed by atoms with Crippen LogP contribution in [0.4, 0.5) is 0 Å². The molecule has 114 valence electrons. The van der Waals surface area contributed by atoms with Gasteiger partial charge in [0.1, 0.15) is 0 Å². The van der Waals surface area contributed by atoms with Crippen molar-refractivity contribution in [2.45, 2.75) is 38.8 Å². The van der Waals surface area contributed by atoms with Gasteiger partial charge < -0.3 is 9.84 Å². The van der Waals surface area contributed by atoms with Crippen molar-refractivity contribution in [2.75, 3.05) is 20.1 Å². The van der Waals surface area contributed by atoms with Crippen molar-refractivity contribution in [1.82, 2.24) is 19.5 Å². The Kier molecular flexibility index (Phi) is 5.14. The molecule has 0 spiro atoms. The molecule has 2 N–H and O–H groups in total. The molecule has 0 amide bonds. The van der Waals surface area contributed by atoms with E-state index in [1.54, 1.807) is 17.3 Å². The maximum atomic E-state index is 12.4. The molecule has 0 aliphatic carbocycles. The third kappa shape index (κ3) is 3.78. The number of hydrogen-bond acceptors (Lipinski definition) is 5. The number of nitrogens with zero attached hydrogens (tertiary/aromatic N) is 2. The number of hydrogen-bond donors (Lipinski definition) is 2. The van der Waals surface area contributed by atoms with Gasteiger partial charge in [-0.05, 0) is 26.8 Å². The van der Waals surface area contributed by atoms with Crippen LogP contribution in [0.15, 0.2) is 10.6 Å². The Morgan fingerprint density at radius 2 is 2.30 bits per heavy atom. The van der Waals surface area contributed by atoms with Gasteiger partial charge in [-0.2, -0.15) is 17.4 Å². The molecule has 0 aromatic carbocycles. The van der Waals surface area contributed by atoms with Crippen LogP contribution in [0, 0.1) is 6.92 Å². The highest BCUT2D eigenvalue weighted by atomic mass is 32.2. The van der Waals surface area contributed by atoms with E-state index >= 15 is 0 Å². The van der Waals surface area contributed by atoms with Crippen LogP contribution in [0.5, 0.6) is 0 Å². The number of piperidine rings is 1. The first-order chi connectivity index (χ1) is 9.53. The molecule has 1 aliphatic rings. The zero-order chi connectivity index (χ0) is 14.6. The van der Waals surface area contributed by atoms with Crippen LogP contribution in [0.2, 0.25) is 0 Å². The van der Waals surface area contributed by atoms with Gasteiger partial charge in [0.25, 0.3) is 10.2 Å². The van der Waals surface area contributed by atoms with Crippen molar-refractivity contribution < 1.29 is 12.9 Å². The minimum absolute atomic E-state index is 0.0164. The Bertz CT molecular complexity index is 527. The van der Waals surface area contributed by atoms with Crippen molar-refractivity contribution in [2.24, 2.45) is 0 Å². The first-order valence-corrected chi connectivity index (χ1v) is 8.30. The second-order valence-electron chi connectivity index (χ2n) is 5.08. The number of nitrogens with one attached hydrogen (secondary N) is 2. The van der Waals surface area contributed by atoms with E-state index in [1.807, 2.05) is 7.05 Å². The molecule has 1 unspecified atom stereocenters. The fourth-order valence-corrected chi connectivity index (χ4v) is 3.91. The zero-order valence-corrected chi connectivity index (χ0v) is 12.7. The molecule has 1 atom stereocenters. The highest BCUT2D eigenvalue weighted by Crippen LogP contribution is 2.19. The largest absolute Gasteiger partial charge is 0.360 e. The Hall–Kier alpha value is -0.960. The van der Waals surface area contributed by atoms with E-state index in [2.05, 4.69) is 15.2 Å². The molecule has 0 saturated carbocycles. The van der Waals surface area contributed by atoms with Gasteiger partial charge in [0.15, 0.2) is 5.76 Å². The zero-order valence-electron chi connectivity index (χ0n) is 11.9. The molecular formula is C12H22N4O3S. The SMILES string of the molecule is CNCC1CCCCN1S(=O)(=O)NCc1cc(C)no1. The summed E-state index contributed by atoms with van der Waals surface area (Å²) in [7, 11) is -1.65. The summed E-state index contributed by atoms with van der Waals surface area (Å²) < 4.78 is 33.9. The van der Waals surface area contributed by atoms with Gasteiger partial charge in [-0.15, -0.1) is 0 Å². The molecular weight excluding hydrogens is 280 g/mol. The smallest absolute Gasteiger partial charge is 0.280 e. The van der Waals surface area contributed by atoms with Crippen LogP contribution in [0.1, 0.15) is 30.7 Å². The molecule has 2 rings (SSSR count). The van der Waals surface area contributed by atoms with Crippen molar-refractivity contribution in [1.29, 1.82) is 0 Å². The summed E-state index contributed by atoms with van der Waals surface area (Å²) in [5, 5.41) is 6.79. The third-order valence-electron chi connectivity index (χ3n) is 3.43. The Morgan fingerprint density at radius 1 is 1.50 bits per heavy atom. The Balaban J connectivity index is 2.00. The molecule has 1 aliphatic heterocycles. The van der Waals surface area contributed by atoms with E-state index in [1.165, 1.54) is 0 Å². The monoisotopic (exact) mass is 302 g/mol. The van der Waals surface area contributed by atoms with E-state index < -0.39 is 10.2 Å². The van der Waals surface area contributed by atoms with Crippen LogP contribution < -0.4 is 10.0 Å². The predicted molar refractivity (Wildman–Crippen MR) is 75.3 cm³/mol. The lowest BCUT2D eigenvalue weighted by Crippen LogP contribution is -2.51. The number of likely N-dealkylation sites (N-methyl/N-ethyl adjacent to an activating group) is 1. The summed E-state index contributed by atoms with van der Waals surface area (Å²) in [6.45, 7) is 3.17. The average molecular weight is 302 g/mol. The van der Waals surface area contributed by atoms with E-state index in [4.69, 9.17) is 4.52 Å². The minimum Gasteiger partial charge on any atom is -0.360 e. The molecule has 1 aromatic heterocycles. The normalized spacial score (nSPS) is 21.2. The number of rotatable bonds is 6. The van der Waals surface area contributed by atoms with Gasteiger partial charge >= 0.3 is 0 Å². The fraction of sp³-hybridized carbons (Fsp3) is 0.750. The molecule has 1 aromatic rings. The molecule has 1 fully saturated rings. The first-order valence-electron chi connectivity index (χ1n) is 6.86. The summed E-state index contributed by atoms with van der Waals surface area (Å²) in [6, 6.07) is 1.74. The van der Waals surface area contributed by atoms with Gasteiger partial charge in [-0.1, -0.05) is 11.6 Å². The maximum absolute atomic E-state index is 12.4. The van der Waals surface area contributed by atoms with Crippen molar-refractivity contribution in [3.8, 4) is 0 Å². The van der Waals surface area contributed by atoms with E-state index in [-0.39, 0.29) is 12.6 Å².